The molecule has 0 atom stereocenters. The molecule has 0 fully saturated rings. The molecule has 12 heteroatoms. The average Bonchev–Trinajstić information content (AvgIpc) is 3.09. The van der Waals surface area contributed by atoms with Crippen LogP contribution in [0, 0.1) is 0 Å². The van der Waals surface area contributed by atoms with Crippen LogP contribution in [-0.2, 0) is 26.5 Å². The smallest absolute Gasteiger partial charge is 0.263 e. The zero-order valence-corrected chi connectivity index (χ0v) is 17.7. The summed E-state index contributed by atoms with van der Waals surface area (Å²) in [4.78, 5) is 0.00783. The van der Waals surface area contributed by atoms with Gasteiger partial charge in [0.25, 0.3) is 20.0 Å². The van der Waals surface area contributed by atoms with Crippen molar-refractivity contribution in [3.8, 4) is 0 Å². The molecule has 3 rings (SSSR count). The van der Waals surface area contributed by atoms with Crippen molar-refractivity contribution < 1.29 is 16.8 Å². The predicted molar refractivity (Wildman–Crippen MR) is 109 cm³/mol. The van der Waals surface area contributed by atoms with Gasteiger partial charge in [0, 0.05) is 10.7 Å². The van der Waals surface area contributed by atoms with Gasteiger partial charge < -0.3 is 0 Å². The maximum atomic E-state index is 12.4. The maximum Gasteiger partial charge on any atom is 0.263 e. The number of aryl methyl sites for hydroxylation is 1. The highest BCUT2D eigenvalue weighted by Gasteiger charge is 2.18. The molecule has 0 aliphatic rings. The third-order valence-electron chi connectivity index (χ3n) is 3.53. The van der Waals surface area contributed by atoms with Crippen LogP contribution >= 0.6 is 22.9 Å². The van der Waals surface area contributed by atoms with Crippen molar-refractivity contribution in [2.45, 2.75) is 23.1 Å². The molecule has 2 aromatic carbocycles. The van der Waals surface area contributed by atoms with Crippen molar-refractivity contribution in [3.63, 3.8) is 0 Å². The Balaban J connectivity index is 1.76. The fraction of sp³-hybridized carbons (Fsp3) is 0.125. The van der Waals surface area contributed by atoms with Gasteiger partial charge in [0.1, 0.15) is 5.01 Å². The molecule has 1 aromatic heterocycles. The molecule has 0 spiro atoms. The monoisotopic (exact) mass is 458 g/mol. The number of benzene rings is 2. The summed E-state index contributed by atoms with van der Waals surface area (Å²) in [6, 6.07) is 11.0. The Bertz CT molecular complexity index is 1180. The van der Waals surface area contributed by atoms with Gasteiger partial charge in [-0.15, -0.1) is 10.2 Å². The van der Waals surface area contributed by atoms with Crippen LogP contribution in [0.2, 0.25) is 5.02 Å². The van der Waals surface area contributed by atoms with Crippen molar-refractivity contribution in [1.29, 1.82) is 0 Å². The lowest BCUT2D eigenvalue weighted by Crippen LogP contribution is -2.14. The first-order valence-electron chi connectivity index (χ1n) is 7.93. The van der Waals surface area contributed by atoms with Crippen molar-refractivity contribution in [3.05, 3.63) is 58.6 Å². The summed E-state index contributed by atoms with van der Waals surface area (Å²) in [5, 5.41) is 8.94. The number of aromatic nitrogens is 2. The Morgan fingerprint density at radius 3 is 1.93 bits per heavy atom. The zero-order chi connectivity index (χ0) is 20.4. The second-order valence-corrected chi connectivity index (χ2v) is 10.4. The van der Waals surface area contributed by atoms with Crippen molar-refractivity contribution in [2.75, 3.05) is 9.44 Å². The highest BCUT2D eigenvalue weighted by molar-refractivity contribution is 7.93. The third-order valence-corrected chi connectivity index (χ3v) is 7.65. The topological polar surface area (TPSA) is 118 Å². The number of anilines is 2. The molecule has 0 saturated heterocycles. The van der Waals surface area contributed by atoms with E-state index >= 15 is 0 Å². The van der Waals surface area contributed by atoms with Gasteiger partial charge in [0.05, 0.1) is 9.79 Å². The standard InChI is InChI=1S/C16H15ClN4O4S3/c1-2-15-18-19-16(26-15)21-28(24,25)14-9-5-12(6-10-14)20-27(22,23)13-7-3-11(17)4-8-13/h3-10,20H,2H2,1H3,(H,19,21). The van der Waals surface area contributed by atoms with E-state index in [-0.39, 0.29) is 20.6 Å². The first-order valence-corrected chi connectivity index (χ1v) is 12.1. The third kappa shape index (κ3) is 4.79. The molecule has 3 aromatic rings. The number of rotatable bonds is 7. The summed E-state index contributed by atoms with van der Waals surface area (Å²) in [6.45, 7) is 1.89. The van der Waals surface area contributed by atoms with Gasteiger partial charge in [-0.25, -0.2) is 16.8 Å². The molecule has 0 amide bonds. The van der Waals surface area contributed by atoms with E-state index in [2.05, 4.69) is 19.6 Å². The van der Waals surface area contributed by atoms with Gasteiger partial charge in [-0.05, 0) is 55.0 Å². The van der Waals surface area contributed by atoms with E-state index in [1.165, 1.54) is 48.5 Å². The van der Waals surface area contributed by atoms with Gasteiger partial charge in [-0.2, -0.15) is 0 Å². The van der Waals surface area contributed by atoms with E-state index in [0.717, 1.165) is 11.3 Å². The fourth-order valence-corrected chi connectivity index (χ4v) is 5.24. The molecule has 1 heterocycles. The van der Waals surface area contributed by atoms with Crippen LogP contribution in [0.4, 0.5) is 10.8 Å². The molecule has 2 N–H and O–H groups in total. The average molecular weight is 459 g/mol. The summed E-state index contributed by atoms with van der Waals surface area (Å²) < 4.78 is 54.3. The number of hydrogen-bond donors (Lipinski definition) is 2. The quantitative estimate of drug-likeness (QED) is 0.560. The predicted octanol–water partition coefficient (Wildman–Crippen LogP) is 3.36. The Morgan fingerprint density at radius 1 is 0.857 bits per heavy atom. The van der Waals surface area contributed by atoms with E-state index in [0.29, 0.717) is 16.5 Å². The number of nitrogens with zero attached hydrogens (tertiary/aromatic N) is 2. The largest absolute Gasteiger partial charge is 0.280 e. The van der Waals surface area contributed by atoms with E-state index in [1.807, 2.05) is 6.92 Å². The minimum absolute atomic E-state index is 0.0322. The molecule has 0 unspecified atom stereocenters. The maximum absolute atomic E-state index is 12.4. The first kappa shape index (κ1) is 20.5. The van der Waals surface area contributed by atoms with Crippen LogP contribution in [0.3, 0.4) is 0 Å². The van der Waals surface area contributed by atoms with Crippen molar-refractivity contribution in [2.24, 2.45) is 0 Å². The molecule has 0 radical (unpaired) electrons. The Hall–Kier alpha value is -2.21. The minimum Gasteiger partial charge on any atom is -0.280 e. The Morgan fingerprint density at radius 2 is 1.39 bits per heavy atom. The second-order valence-electron chi connectivity index (χ2n) is 5.54. The normalized spacial score (nSPS) is 11.9. The van der Waals surface area contributed by atoms with Crippen LogP contribution in [0.1, 0.15) is 11.9 Å². The number of nitrogens with one attached hydrogen (secondary N) is 2. The summed E-state index contributed by atoms with van der Waals surface area (Å²) in [5.41, 5.74) is 0.220. The lowest BCUT2D eigenvalue weighted by Gasteiger charge is -2.09. The zero-order valence-electron chi connectivity index (χ0n) is 14.5. The van der Waals surface area contributed by atoms with Gasteiger partial charge in [0.2, 0.25) is 5.13 Å². The molecule has 8 nitrogen and oxygen atoms in total. The fourth-order valence-electron chi connectivity index (χ4n) is 2.14. The Kier molecular flexibility index (Phi) is 5.89. The molecule has 28 heavy (non-hydrogen) atoms. The lowest BCUT2D eigenvalue weighted by atomic mass is 10.3. The van der Waals surface area contributed by atoms with Crippen LogP contribution in [0.5, 0.6) is 0 Å². The second kappa shape index (κ2) is 8.03. The van der Waals surface area contributed by atoms with Crippen LogP contribution in [0.25, 0.3) is 0 Å². The van der Waals surface area contributed by atoms with E-state index in [4.69, 9.17) is 11.6 Å². The number of hydrogen-bond acceptors (Lipinski definition) is 7. The SMILES string of the molecule is CCc1nnc(NS(=O)(=O)c2ccc(NS(=O)(=O)c3ccc(Cl)cc3)cc2)s1. The van der Waals surface area contributed by atoms with Gasteiger partial charge in [-0.1, -0.05) is 29.9 Å². The molecule has 148 valence electrons. The van der Waals surface area contributed by atoms with E-state index in [1.54, 1.807) is 0 Å². The van der Waals surface area contributed by atoms with Crippen LogP contribution < -0.4 is 9.44 Å². The van der Waals surface area contributed by atoms with E-state index < -0.39 is 20.0 Å². The molecule has 0 aliphatic carbocycles. The molecule has 0 aliphatic heterocycles. The molecule has 0 bridgehead atoms. The summed E-state index contributed by atoms with van der Waals surface area (Å²) >= 11 is 6.91. The minimum atomic E-state index is -3.86. The molecular formula is C16H15ClN4O4S3. The highest BCUT2D eigenvalue weighted by Crippen LogP contribution is 2.23. The highest BCUT2D eigenvalue weighted by atomic mass is 35.5. The summed E-state index contributed by atoms with van der Waals surface area (Å²) in [5.74, 6) is 0. The van der Waals surface area contributed by atoms with Gasteiger partial charge in [-0.3, -0.25) is 9.44 Å². The first-order chi connectivity index (χ1) is 13.2. The van der Waals surface area contributed by atoms with Crippen molar-refractivity contribution in [1.82, 2.24) is 10.2 Å². The van der Waals surface area contributed by atoms with Gasteiger partial charge in [0.15, 0.2) is 0 Å². The van der Waals surface area contributed by atoms with Crippen molar-refractivity contribution >= 4 is 53.8 Å². The molecule has 0 saturated carbocycles. The number of sulfonamides is 2. The summed E-state index contributed by atoms with van der Waals surface area (Å²) in [6.07, 6.45) is 0.655. The summed E-state index contributed by atoms with van der Waals surface area (Å²) in [7, 11) is -7.68. The van der Waals surface area contributed by atoms with Gasteiger partial charge >= 0.3 is 0 Å². The van der Waals surface area contributed by atoms with Crippen LogP contribution in [-0.4, -0.2) is 27.0 Å². The van der Waals surface area contributed by atoms with E-state index in [9.17, 15) is 16.8 Å². The lowest BCUT2D eigenvalue weighted by molar-refractivity contribution is 0.600. The van der Waals surface area contributed by atoms with Crippen LogP contribution in [0.15, 0.2) is 58.3 Å². The molecular weight excluding hydrogens is 444 g/mol. The Labute approximate surface area is 171 Å². The number of halogens is 1.